The fraction of sp³-hybridized carbons (Fsp3) is 0.941. The molecule has 22 heavy (non-hydrogen) atoms. The molecule has 0 amide bonds. The molecular formula is C17H34N4O. The SMILES string of the molecule is CCN1CCCC1CNC(=NC)NC1CC(C)(OC)C1(C)C. The molecule has 1 aliphatic heterocycles. The van der Waals surface area contributed by atoms with Crippen LogP contribution < -0.4 is 10.6 Å². The number of methoxy groups -OCH3 is 1. The third kappa shape index (κ3) is 3.11. The summed E-state index contributed by atoms with van der Waals surface area (Å²) < 4.78 is 5.70. The van der Waals surface area contributed by atoms with E-state index in [-0.39, 0.29) is 11.0 Å². The van der Waals surface area contributed by atoms with Gasteiger partial charge in [-0.05, 0) is 39.3 Å². The summed E-state index contributed by atoms with van der Waals surface area (Å²) >= 11 is 0. The van der Waals surface area contributed by atoms with Crippen molar-refractivity contribution in [1.29, 1.82) is 0 Å². The van der Waals surface area contributed by atoms with Crippen molar-refractivity contribution in [2.24, 2.45) is 10.4 Å². The van der Waals surface area contributed by atoms with Gasteiger partial charge in [-0.2, -0.15) is 0 Å². The summed E-state index contributed by atoms with van der Waals surface area (Å²) in [5.41, 5.74) is 0.0517. The van der Waals surface area contributed by atoms with Gasteiger partial charge in [-0.15, -0.1) is 0 Å². The minimum atomic E-state index is -0.0476. The largest absolute Gasteiger partial charge is 0.378 e. The number of aliphatic imine (C=N–C) groups is 1. The first kappa shape index (κ1) is 17.5. The zero-order valence-corrected chi connectivity index (χ0v) is 15.2. The van der Waals surface area contributed by atoms with Crippen molar-refractivity contribution < 1.29 is 4.74 Å². The molecule has 1 saturated heterocycles. The van der Waals surface area contributed by atoms with E-state index >= 15 is 0 Å². The minimum Gasteiger partial charge on any atom is -0.378 e. The monoisotopic (exact) mass is 310 g/mol. The molecule has 5 heteroatoms. The topological polar surface area (TPSA) is 48.9 Å². The smallest absolute Gasteiger partial charge is 0.191 e. The standard InChI is InChI=1S/C17H34N4O/c1-7-21-10-8-9-13(21)12-19-15(18-5)20-14-11-17(4,22-6)16(14,2)3/h13-14H,7-12H2,1-6H3,(H2,18,19,20). The van der Waals surface area contributed by atoms with Gasteiger partial charge in [0.2, 0.25) is 0 Å². The second-order valence-electron chi connectivity index (χ2n) is 7.44. The number of ether oxygens (including phenoxy) is 1. The number of hydrogen-bond acceptors (Lipinski definition) is 3. The van der Waals surface area contributed by atoms with Crippen molar-refractivity contribution >= 4 is 5.96 Å². The Morgan fingerprint density at radius 3 is 2.64 bits per heavy atom. The summed E-state index contributed by atoms with van der Waals surface area (Å²) in [6.07, 6.45) is 3.62. The Morgan fingerprint density at radius 1 is 1.36 bits per heavy atom. The van der Waals surface area contributed by atoms with Crippen LogP contribution in [0, 0.1) is 5.41 Å². The van der Waals surface area contributed by atoms with E-state index in [0.29, 0.717) is 12.1 Å². The Balaban J connectivity index is 1.84. The van der Waals surface area contributed by atoms with Gasteiger partial charge in [0.05, 0.1) is 5.60 Å². The van der Waals surface area contributed by atoms with E-state index < -0.39 is 0 Å². The summed E-state index contributed by atoms with van der Waals surface area (Å²) in [6.45, 7) is 12.3. The van der Waals surface area contributed by atoms with Gasteiger partial charge in [0.15, 0.2) is 5.96 Å². The summed E-state index contributed by atoms with van der Waals surface area (Å²) in [4.78, 5) is 6.95. The maximum absolute atomic E-state index is 5.70. The Morgan fingerprint density at radius 2 is 2.09 bits per heavy atom. The molecule has 0 radical (unpaired) electrons. The van der Waals surface area contributed by atoms with Crippen LogP contribution in [-0.2, 0) is 4.74 Å². The highest BCUT2D eigenvalue weighted by Gasteiger charge is 2.58. The van der Waals surface area contributed by atoms with Gasteiger partial charge in [-0.3, -0.25) is 9.89 Å². The molecule has 2 N–H and O–H groups in total. The molecule has 1 saturated carbocycles. The number of rotatable bonds is 5. The van der Waals surface area contributed by atoms with Crippen LogP contribution in [0.4, 0.5) is 0 Å². The van der Waals surface area contributed by atoms with E-state index in [0.717, 1.165) is 25.5 Å². The molecule has 2 fully saturated rings. The quantitative estimate of drug-likeness (QED) is 0.601. The maximum Gasteiger partial charge on any atom is 0.191 e. The molecule has 128 valence electrons. The molecule has 0 bridgehead atoms. The predicted octanol–water partition coefficient (Wildman–Crippen LogP) is 1.84. The van der Waals surface area contributed by atoms with Gasteiger partial charge >= 0.3 is 0 Å². The number of nitrogens with one attached hydrogen (secondary N) is 2. The third-order valence-electron chi connectivity index (χ3n) is 6.22. The predicted molar refractivity (Wildman–Crippen MR) is 92.4 cm³/mol. The molecule has 1 aliphatic carbocycles. The molecule has 2 aliphatic rings. The summed E-state index contributed by atoms with van der Waals surface area (Å²) in [5.74, 6) is 0.916. The van der Waals surface area contributed by atoms with Crippen molar-refractivity contribution in [3.05, 3.63) is 0 Å². The van der Waals surface area contributed by atoms with E-state index in [2.05, 4.69) is 48.2 Å². The average Bonchev–Trinajstić information content (AvgIpc) is 2.97. The molecule has 0 aromatic carbocycles. The van der Waals surface area contributed by atoms with Crippen LogP contribution in [0.1, 0.15) is 47.0 Å². The fourth-order valence-electron chi connectivity index (χ4n) is 3.84. The number of likely N-dealkylation sites (N-methyl/N-ethyl adjacent to an activating group) is 1. The molecule has 5 nitrogen and oxygen atoms in total. The fourth-order valence-corrected chi connectivity index (χ4v) is 3.84. The van der Waals surface area contributed by atoms with E-state index in [1.54, 1.807) is 0 Å². The Labute approximate surface area is 135 Å². The maximum atomic E-state index is 5.70. The number of nitrogens with zero attached hydrogens (tertiary/aromatic N) is 2. The van der Waals surface area contributed by atoms with Crippen LogP contribution in [0.2, 0.25) is 0 Å². The van der Waals surface area contributed by atoms with Crippen LogP contribution in [0.15, 0.2) is 4.99 Å². The second kappa shape index (κ2) is 6.75. The molecule has 2 rings (SSSR count). The van der Waals surface area contributed by atoms with Crippen LogP contribution in [0.5, 0.6) is 0 Å². The van der Waals surface area contributed by atoms with E-state index in [4.69, 9.17) is 4.74 Å². The molecule has 1 heterocycles. The van der Waals surface area contributed by atoms with Gasteiger partial charge in [-0.25, -0.2) is 0 Å². The highest BCUT2D eigenvalue weighted by molar-refractivity contribution is 5.80. The highest BCUT2D eigenvalue weighted by Crippen LogP contribution is 2.51. The van der Waals surface area contributed by atoms with Gasteiger partial charge in [0.1, 0.15) is 0 Å². The van der Waals surface area contributed by atoms with Crippen LogP contribution in [-0.4, -0.2) is 62.3 Å². The molecular weight excluding hydrogens is 276 g/mol. The lowest BCUT2D eigenvalue weighted by atomic mass is 9.56. The minimum absolute atomic E-state index is 0.0476. The Hall–Kier alpha value is -0.810. The van der Waals surface area contributed by atoms with Crippen molar-refractivity contribution in [3.8, 4) is 0 Å². The molecule has 0 spiro atoms. The number of likely N-dealkylation sites (tertiary alicyclic amines) is 1. The van der Waals surface area contributed by atoms with Crippen molar-refractivity contribution in [3.63, 3.8) is 0 Å². The van der Waals surface area contributed by atoms with Gasteiger partial charge in [-0.1, -0.05) is 20.8 Å². The molecule has 3 atom stereocenters. The highest BCUT2D eigenvalue weighted by atomic mass is 16.5. The van der Waals surface area contributed by atoms with Crippen LogP contribution in [0.25, 0.3) is 0 Å². The van der Waals surface area contributed by atoms with Crippen molar-refractivity contribution in [2.45, 2.75) is 64.6 Å². The summed E-state index contributed by atoms with van der Waals surface area (Å²) in [6, 6.07) is 1.04. The number of hydrogen-bond donors (Lipinski definition) is 2. The summed E-state index contributed by atoms with van der Waals surface area (Å²) in [7, 11) is 3.66. The van der Waals surface area contributed by atoms with E-state index in [9.17, 15) is 0 Å². The first-order valence-corrected chi connectivity index (χ1v) is 8.64. The van der Waals surface area contributed by atoms with Crippen LogP contribution in [0.3, 0.4) is 0 Å². The normalized spacial score (nSPS) is 35.3. The number of guanidine groups is 1. The van der Waals surface area contributed by atoms with Crippen LogP contribution >= 0.6 is 0 Å². The lowest BCUT2D eigenvalue weighted by Gasteiger charge is -2.59. The lowest BCUT2D eigenvalue weighted by Crippen LogP contribution is -2.69. The van der Waals surface area contributed by atoms with E-state index in [1.165, 1.54) is 19.4 Å². The third-order valence-corrected chi connectivity index (χ3v) is 6.22. The first-order valence-electron chi connectivity index (χ1n) is 8.64. The second-order valence-corrected chi connectivity index (χ2v) is 7.44. The Bertz CT molecular complexity index is 409. The van der Waals surface area contributed by atoms with E-state index in [1.807, 2.05) is 14.2 Å². The Kier molecular flexibility index (Phi) is 5.38. The zero-order valence-electron chi connectivity index (χ0n) is 15.2. The van der Waals surface area contributed by atoms with Gasteiger partial charge < -0.3 is 15.4 Å². The van der Waals surface area contributed by atoms with Gasteiger partial charge in [0.25, 0.3) is 0 Å². The van der Waals surface area contributed by atoms with Crippen molar-refractivity contribution in [1.82, 2.24) is 15.5 Å². The van der Waals surface area contributed by atoms with Crippen molar-refractivity contribution in [2.75, 3.05) is 33.8 Å². The average molecular weight is 310 g/mol. The molecule has 0 aromatic heterocycles. The zero-order chi connectivity index (χ0) is 16.4. The van der Waals surface area contributed by atoms with Gasteiger partial charge in [0, 0.05) is 38.2 Å². The first-order chi connectivity index (χ1) is 10.4. The molecule has 3 unspecified atom stereocenters. The molecule has 0 aromatic rings. The lowest BCUT2D eigenvalue weighted by molar-refractivity contribution is -0.176. The summed E-state index contributed by atoms with van der Waals surface area (Å²) in [5, 5.41) is 7.09.